The molecule has 0 spiro atoms. The van der Waals surface area contributed by atoms with Gasteiger partial charge in [-0.25, -0.2) is 19.8 Å². The van der Waals surface area contributed by atoms with E-state index in [1.807, 2.05) is 54.6 Å². The Labute approximate surface area is 235 Å². The van der Waals surface area contributed by atoms with Gasteiger partial charge in [-0.1, -0.05) is 84.9 Å². The maximum absolute atomic E-state index is 7.29. The van der Waals surface area contributed by atoms with Crippen LogP contribution in [0, 0.1) is 24.3 Å². The SMILES string of the molecule is [C-]#[N+]c1ccc(-c2nc(-c3ccccc3)nc(-c3ccc4c(C56CC7CC(CC(C7)C5)C6)cccc4c3)n2)cc1. The first-order valence-electron chi connectivity index (χ1n) is 14.5. The van der Waals surface area contributed by atoms with Crippen LogP contribution in [0.5, 0.6) is 0 Å². The molecule has 0 unspecified atom stereocenters. The average molecular weight is 519 g/mol. The Morgan fingerprint density at radius 3 is 1.80 bits per heavy atom. The van der Waals surface area contributed by atoms with Crippen molar-refractivity contribution in [2.24, 2.45) is 17.8 Å². The zero-order valence-corrected chi connectivity index (χ0v) is 22.4. The van der Waals surface area contributed by atoms with Crippen LogP contribution < -0.4 is 0 Å². The van der Waals surface area contributed by atoms with Crippen molar-refractivity contribution in [3.63, 3.8) is 0 Å². The number of benzene rings is 4. The van der Waals surface area contributed by atoms with Crippen molar-refractivity contribution >= 4 is 16.5 Å². The Bertz CT molecular complexity index is 1750. The highest BCUT2D eigenvalue weighted by atomic mass is 15.0. The van der Waals surface area contributed by atoms with Crippen LogP contribution in [0.4, 0.5) is 5.69 Å². The molecule has 4 aliphatic carbocycles. The summed E-state index contributed by atoms with van der Waals surface area (Å²) < 4.78 is 0. The molecule has 4 aliphatic rings. The molecule has 4 bridgehead atoms. The van der Waals surface area contributed by atoms with Gasteiger partial charge in [0.15, 0.2) is 23.2 Å². The molecule has 9 rings (SSSR count). The largest absolute Gasteiger partial charge is 0.238 e. The first kappa shape index (κ1) is 23.5. The Balaban J connectivity index is 1.24. The monoisotopic (exact) mass is 518 g/mol. The summed E-state index contributed by atoms with van der Waals surface area (Å²) in [4.78, 5) is 18.3. The lowest BCUT2D eigenvalue weighted by atomic mass is 9.48. The summed E-state index contributed by atoms with van der Waals surface area (Å²) in [6, 6.07) is 31.2. The zero-order valence-electron chi connectivity index (χ0n) is 22.4. The van der Waals surface area contributed by atoms with Crippen LogP contribution in [-0.4, -0.2) is 15.0 Å². The van der Waals surface area contributed by atoms with E-state index in [2.05, 4.69) is 41.2 Å². The number of rotatable bonds is 4. The summed E-state index contributed by atoms with van der Waals surface area (Å²) in [7, 11) is 0. The Kier molecular flexibility index (Phi) is 5.35. The molecule has 40 heavy (non-hydrogen) atoms. The van der Waals surface area contributed by atoms with Crippen LogP contribution >= 0.6 is 0 Å². The second-order valence-electron chi connectivity index (χ2n) is 12.3. The third-order valence-corrected chi connectivity index (χ3v) is 9.67. The van der Waals surface area contributed by atoms with Crippen LogP contribution in [0.25, 0.3) is 49.8 Å². The number of hydrogen-bond donors (Lipinski definition) is 0. The summed E-state index contributed by atoms with van der Waals surface area (Å²) >= 11 is 0. The second-order valence-corrected chi connectivity index (χ2v) is 12.3. The van der Waals surface area contributed by atoms with Gasteiger partial charge in [0.05, 0.1) is 6.57 Å². The Morgan fingerprint density at radius 1 is 0.600 bits per heavy atom. The van der Waals surface area contributed by atoms with Gasteiger partial charge in [-0.05, 0) is 84.1 Å². The third kappa shape index (κ3) is 3.92. The molecule has 5 aromatic rings. The molecule has 4 aromatic carbocycles. The minimum atomic E-state index is 0.355. The lowest BCUT2D eigenvalue weighted by Gasteiger charge is -2.57. The topological polar surface area (TPSA) is 43.0 Å². The molecule has 0 amide bonds. The minimum Gasteiger partial charge on any atom is -0.238 e. The fourth-order valence-corrected chi connectivity index (χ4v) is 8.36. The summed E-state index contributed by atoms with van der Waals surface area (Å²) in [5, 5.41) is 2.65. The third-order valence-electron chi connectivity index (χ3n) is 9.67. The molecule has 1 heterocycles. The molecule has 0 radical (unpaired) electrons. The van der Waals surface area contributed by atoms with E-state index >= 15 is 0 Å². The van der Waals surface area contributed by atoms with E-state index in [1.54, 1.807) is 5.56 Å². The minimum absolute atomic E-state index is 0.355. The van der Waals surface area contributed by atoms with Crippen molar-refractivity contribution in [3.8, 4) is 34.2 Å². The van der Waals surface area contributed by atoms with Crippen LogP contribution in [0.2, 0.25) is 0 Å². The highest BCUT2D eigenvalue weighted by Gasteiger charge is 2.51. The number of aromatic nitrogens is 3. The second kappa shape index (κ2) is 9.10. The van der Waals surface area contributed by atoms with E-state index in [-0.39, 0.29) is 0 Å². The molecule has 4 saturated carbocycles. The molecule has 1 aromatic heterocycles. The Morgan fingerprint density at radius 2 is 1.18 bits per heavy atom. The van der Waals surface area contributed by atoms with Crippen molar-refractivity contribution in [1.82, 2.24) is 15.0 Å². The summed E-state index contributed by atoms with van der Waals surface area (Å²) in [6.45, 7) is 7.29. The van der Waals surface area contributed by atoms with E-state index < -0.39 is 0 Å². The predicted octanol–water partition coefficient (Wildman–Crippen LogP) is 9.04. The van der Waals surface area contributed by atoms with E-state index in [1.165, 1.54) is 49.3 Å². The summed E-state index contributed by atoms with van der Waals surface area (Å²) in [5.41, 5.74) is 5.35. The van der Waals surface area contributed by atoms with Gasteiger partial charge in [0, 0.05) is 16.7 Å². The van der Waals surface area contributed by atoms with Crippen molar-refractivity contribution in [2.75, 3.05) is 0 Å². The van der Waals surface area contributed by atoms with Gasteiger partial charge in [-0.15, -0.1) is 0 Å². The highest BCUT2D eigenvalue weighted by Crippen LogP contribution is 2.61. The van der Waals surface area contributed by atoms with Gasteiger partial charge < -0.3 is 0 Å². The van der Waals surface area contributed by atoms with Gasteiger partial charge in [0.2, 0.25) is 0 Å². The summed E-state index contributed by atoms with van der Waals surface area (Å²) in [5.74, 6) is 4.69. The van der Waals surface area contributed by atoms with Gasteiger partial charge in [0.25, 0.3) is 0 Å². The van der Waals surface area contributed by atoms with Crippen molar-refractivity contribution < 1.29 is 0 Å². The Hall–Kier alpha value is -4.36. The van der Waals surface area contributed by atoms with Crippen LogP contribution in [0.1, 0.15) is 44.1 Å². The molecule has 4 heteroatoms. The van der Waals surface area contributed by atoms with Gasteiger partial charge in [-0.2, -0.15) is 0 Å². The average Bonchev–Trinajstić information content (AvgIpc) is 3.00. The number of hydrogen-bond acceptors (Lipinski definition) is 3. The molecule has 4 nitrogen and oxygen atoms in total. The fourth-order valence-electron chi connectivity index (χ4n) is 8.36. The molecule has 0 atom stereocenters. The first-order valence-corrected chi connectivity index (χ1v) is 14.5. The van der Waals surface area contributed by atoms with Crippen LogP contribution in [-0.2, 0) is 5.41 Å². The molecule has 194 valence electrons. The maximum Gasteiger partial charge on any atom is 0.187 e. The molecule has 0 N–H and O–H groups in total. The fraction of sp³-hybridized carbons (Fsp3) is 0.278. The van der Waals surface area contributed by atoms with Crippen LogP contribution in [0.15, 0.2) is 91.0 Å². The van der Waals surface area contributed by atoms with Crippen LogP contribution in [0.3, 0.4) is 0 Å². The van der Waals surface area contributed by atoms with Gasteiger partial charge in [0.1, 0.15) is 0 Å². The van der Waals surface area contributed by atoms with Crippen molar-refractivity contribution in [1.29, 1.82) is 0 Å². The van der Waals surface area contributed by atoms with E-state index in [4.69, 9.17) is 21.5 Å². The molecule has 0 saturated heterocycles. The molecule has 4 fully saturated rings. The first-order chi connectivity index (χ1) is 19.7. The van der Waals surface area contributed by atoms with E-state index in [9.17, 15) is 0 Å². The predicted molar refractivity (Wildman–Crippen MR) is 160 cm³/mol. The lowest BCUT2D eigenvalue weighted by Crippen LogP contribution is -2.48. The number of nitrogens with zero attached hydrogens (tertiary/aromatic N) is 4. The quantitative estimate of drug-likeness (QED) is 0.223. The number of fused-ring (bicyclic) bond motifs is 1. The normalized spacial score (nSPS) is 24.7. The van der Waals surface area contributed by atoms with Gasteiger partial charge in [-0.3, -0.25) is 0 Å². The lowest BCUT2D eigenvalue weighted by molar-refractivity contribution is -0.00449. The molecule has 0 aliphatic heterocycles. The van der Waals surface area contributed by atoms with Crippen molar-refractivity contribution in [3.05, 3.63) is 108 Å². The highest BCUT2D eigenvalue weighted by molar-refractivity contribution is 5.90. The van der Waals surface area contributed by atoms with Crippen molar-refractivity contribution in [2.45, 2.75) is 43.9 Å². The van der Waals surface area contributed by atoms with E-state index in [0.717, 1.165) is 34.4 Å². The molecular weight excluding hydrogens is 488 g/mol. The molecular formula is C36H30N4. The smallest absolute Gasteiger partial charge is 0.187 e. The van der Waals surface area contributed by atoms with Gasteiger partial charge >= 0.3 is 0 Å². The summed E-state index contributed by atoms with van der Waals surface area (Å²) in [6.07, 6.45) is 8.47. The maximum atomic E-state index is 7.29. The zero-order chi connectivity index (χ0) is 26.7. The standard InChI is InChI=1S/C36H30N4/c1-37-30-13-10-27(11-14-30)34-38-33(26-6-3-2-4-7-26)39-35(40-34)29-12-15-31-28(19-29)8-5-9-32(31)36-20-23-16-24(21-36)18-25(17-23)22-36/h2-15,19,23-25H,16-18,20-22H2. The van der Waals surface area contributed by atoms with E-state index in [0.29, 0.717) is 28.6 Å².